The molecule has 0 saturated carbocycles. The molecule has 0 spiro atoms. The Morgan fingerprint density at radius 2 is 2.00 bits per heavy atom. The number of hydrogen-bond donors (Lipinski definition) is 1. The van der Waals surface area contributed by atoms with Gasteiger partial charge in [0.15, 0.2) is 0 Å². The minimum absolute atomic E-state index is 0.338. The number of carboxylic acid groups (broad SMARTS) is 1. The topological polar surface area (TPSA) is 49.8 Å². The molecule has 1 heterocycles. The number of unbranched alkanes of at least 4 members (excludes halogenated alkanes) is 5. The van der Waals surface area contributed by atoms with Crippen molar-refractivity contribution in [3.8, 4) is 0 Å². The van der Waals surface area contributed by atoms with E-state index in [1.54, 1.807) is 0 Å². The van der Waals surface area contributed by atoms with E-state index in [0.29, 0.717) is 13.2 Å². The smallest absolute Gasteiger partial charge is 0.323 e. The quantitative estimate of drug-likeness (QED) is 0.663. The summed E-state index contributed by atoms with van der Waals surface area (Å²) in [4.78, 5) is 13.1. The highest BCUT2D eigenvalue weighted by Gasteiger charge is 2.28. The molecule has 100 valence electrons. The largest absolute Gasteiger partial charge is 0.480 e. The van der Waals surface area contributed by atoms with E-state index < -0.39 is 12.0 Å². The van der Waals surface area contributed by atoms with Gasteiger partial charge < -0.3 is 9.84 Å². The molecule has 1 saturated heterocycles. The zero-order valence-electron chi connectivity index (χ0n) is 10.9. The SMILES string of the molecule is CCCCCCCCN1CCOCC1C(=O)O. The zero-order valence-corrected chi connectivity index (χ0v) is 10.9. The lowest BCUT2D eigenvalue weighted by Gasteiger charge is -2.32. The molecule has 1 fully saturated rings. The molecule has 1 rings (SSSR count). The van der Waals surface area contributed by atoms with Gasteiger partial charge in [-0.05, 0) is 13.0 Å². The van der Waals surface area contributed by atoms with Crippen LogP contribution in [0.4, 0.5) is 0 Å². The van der Waals surface area contributed by atoms with Gasteiger partial charge in [0.1, 0.15) is 6.04 Å². The van der Waals surface area contributed by atoms with Crippen LogP contribution in [0.15, 0.2) is 0 Å². The standard InChI is InChI=1S/C13H25NO3/c1-2-3-4-5-6-7-8-14-9-10-17-11-12(14)13(15)16/h12H,2-11H2,1H3,(H,15,16). The fourth-order valence-electron chi connectivity index (χ4n) is 2.23. The maximum Gasteiger partial charge on any atom is 0.323 e. The Hall–Kier alpha value is -0.610. The van der Waals surface area contributed by atoms with E-state index in [2.05, 4.69) is 6.92 Å². The van der Waals surface area contributed by atoms with Crippen molar-refractivity contribution < 1.29 is 14.6 Å². The zero-order chi connectivity index (χ0) is 12.5. The average molecular weight is 243 g/mol. The summed E-state index contributed by atoms with van der Waals surface area (Å²) in [6.45, 7) is 4.87. The van der Waals surface area contributed by atoms with Gasteiger partial charge in [-0.2, -0.15) is 0 Å². The lowest BCUT2D eigenvalue weighted by Crippen LogP contribution is -2.50. The number of nitrogens with zero attached hydrogens (tertiary/aromatic N) is 1. The fraction of sp³-hybridized carbons (Fsp3) is 0.923. The highest BCUT2D eigenvalue weighted by molar-refractivity contribution is 5.73. The van der Waals surface area contributed by atoms with Gasteiger partial charge in [0.25, 0.3) is 0 Å². The van der Waals surface area contributed by atoms with Crippen molar-refractivity contribution in [1.29, 1.82) is 0 Å². The third-order valence-electron chi connectivity index (χ3n) is 3.32. The van der Waals surface area contributed by atoms with E-state index in [0.717, 1.165) is 19.5 Å². The van der Waals surface area contributed by atoms with E-state index in [4.69, 9.17) is 9.84 Å². The van der Waals surface area contributed by atoms with Gasteiger partial charge in [0, 0.05) is 6.54 Å². The minimum atomic E-state index is -0.754. The van der Waals surface area contributed by atoms with Crippen LogP contribution in [0.25, 0.3) is 0 Å². The predicted molar refractivity (Wildman–Crippen MR) is 67.2 cm³/mol. The first-order valence-corrected chi connectivity index (χ1v) is 6.80. The van der Waals surface area contributed by atoms with Gasteiger partial charge in [-0.15, -0.1) is 0 Å². The molecule has 17 heavy (non-hydrogen) atoms. The van der Waals surface area contributed by atoms with Crippen LogP contribution < -0.4 is 0 Å². The van der Waals surface area contributed by atoms with E-state index in [-0.39, 0.29) is 0 Å². The summed E-state index contributed by atoms with van der Waals surface area (Å²) < 4.78 is 5.21. The Labute approximate surface area is 104 Å². The summed E-state index contributed by atoms with van der Waals surface area (Å²) in [5, 5.41) is 9.06. The third kappa shape index (κ3) is 5.50. The molecule has 0 aliphatic carbocycles. The van der Waals surface area contributed by atoms with Crippen molar-refractivity contribution in [2.45, 2.75) is 51.5 Å². The number of carboxylic acids is 1. The van der Waals surface area contributed by atoms with E-state index in [9.17, 15) is 4.79 Å². The average Bonchev–Trinajstić information content (AvgIpc) is 2.34. The van der Waals surface area contributed by atoms with E-state index >= 15 is 0 Å². The number of morpholine rings is 1. The summed E-state index contributed by atoms with van der Waals surface area (Å²) in [5.74, 6) is -0.754. The minimum Gasteiger partial charge on any atom is -0.480 e. The highest BCUT2D eigenvalue weighted by atomic mass is 16.5. The second-order valence-electron chi connectivity index (χ2n) is 4.73. The van der Waals surface area contributed by atoms with Crippen molar-refractivity contribution in [3.05, 3.63) is 0 Å². The van der Waals surface area contributed by atoms with Crippen molar-refractivity contribution in [2.75, 3.05) is 26.3 Å². The highest BCUT2D eigenvalue weighted by Crippen LogP contribution is 2.11. The van der Waals surface area contributed by atoms with Crippen LogP contribution >= 0.6 is 0 Å². The molecular formula is C13H25NO3. The first kappa shape index (κ1) is 14.5. The van der Waals surface area contributed by atoms with Crippen molar-refractivity contribution in [1.82, 2.24) is 4.90 Å². The van der Waals surface area contributed by atoms with Gasteiger partial charge >= 0.3 is 5.97 Å². The molecule has 4 nitrogen and oxygen atoms in total. The van der Waals surface area contributed by atoms with Crippen LogP contribution in [0, 0.1) is 0 Å². The summed E-state index contributed by atoms with van der Waals surface area (Å²) in [7, 11) is 0. The molecule has 0 aromatic carbocycles. The molecule has 0 aromatic heterocycles. The first-order valence-electron chi connectivity index (χ1n) is 6.80. The molecule has 4 heteroatoms. The number of rotatable bonds is 8. The Morgan fingerprint density at radius 1 is 1.29 bits per heavy atom. The lowest BCUT2D eigenvalue weighted by molar-refractivity contribution is -0.149. The normalized spacial score (nSPS) is 21.6. The molecule has 1 atom stereocenters. The maximum atomic E-state index is 11.0. The Balaban J connectivity index is 2.13. The molecule has 0 bridgehead atoms. The van der Waals surface area contributed by atoms with Crippen LogP contribution in [-0.4, -0.2) is 48.3 Å². The number of aliphatic carboxylic acids is 1. The lowest BCUT2D eigenvalue weighted by atomic mass is 10.1. The van der Waals surface area contributed by atoms with Crippen LogP contribution in [0.5, 0.6) is 0 Å². The predicted octanol–water partition coefficient (Wildman–Crippen LogP) is 2.13. The summed E-state index contributed by atoms with van der Waals surface area (Å²) in [6, 6.07) is -0.431. The van der Waals surface area contributed by atoms with Crippen molar-refractivity contribution >= 4 is 5.97 Å². The second-order valence-corrected chi connectivity index (χ2v) is 4.73. The number of ether oxygens (including phenoxy) is 1. The molecule has 1 aliphatic rings. The Bertz CT molecular complexity index is 221. The van der Waals surface area contributed by atoms with Crippen LogP contribution in [0.1, 0.15) is 45.4 Å². The monoisotopic (exact) mass is 243 g/mol. The molecule has 1 N–H and O–H groups in total. The van der Waals surface area contributed by atoms with E-state index in [1.807, 2.05) is 4.90 Å². The van der Waals surface area contributed by atoms with Gasteiger partial charge in [-0.3, -0.25) is 9.69 Å². The Morgan fingerprint density at radius 3 is 2.71 bits per heavy atom. The van der Waals surface area contributed by atoms with Gasteiger partial charge in [-0.1, -0.05) is 39.0 Å². The number of hydrogen-bond acceptors (Lipinski definition) is 3. The van der Waals surface area contributed by atoms with Crippen molar-refractivity contribution in [2.24, 2.45) is 0 Å². The number of carbonyl (C=O) groups is 1. The maximum absolute atomic E-state index is 11.0. The second kappa shape index (κ2) is 8.48. The van der Waals surface area contributed by atoms with Crippen LogP contribution in [-0.2, 0) is 9.53 Å². The molecular weight excluding hydrogens is 218 g/mol. The van der Waals surface area contributed by atoms with Gasteiger partial charge in [0.2, 0.25) is 0 Å². The van der Waals surface area contributed by atoms with Crippen LogP contribution in [0.3, 0.4) is 0 Å². The van der Waals surface area contributed by atoms with Crippen LogP contribution in [0.2, 0.25) is 0 Å². The van der Waals surface area contributed by atoms with Gasteiger partial charge in [-0.25, -0.2) is 0 Å². The molecule has 0 radical (unpaired) electrons. The third-order valence-corrected chi connectivity index (χ3v) is 3.32. The van der Waals surface area contributed by atoms with Crippen molar-refractivity contribution in [3.63, 3.8) is 0 Å². The van der Waals surface area contributed by atoms with Gasteiger partial charge in [0.05, 0.1) is 13.2 Å². The summed E-state index contributed by atoms with van der Waals surface area (Å²) >= 11 is 0. The summed E-state index contributed by atoms with van der Waals surface area (Å²) in [6.07, 6.45) is 7.48. The molecule has 1 unspecified atom stereocenters. The first-order chi connectivity index (χ1) is 8.25. The summed E-state index contributed by atoms with van der Waals surface area (Å²) in [5.41, 5.74) is 0. The fourth-order valence-corrected chi connectivity index (χ4v) is 2.23. The molecule has 1 aliphatic heterocycles. The Kier molecular flexibility index (Phi) is 7.21. The molecule has 0 amide bonds. The molecule has 0 aromatic rings. The van der Waals surface area contributed by atoms with E-state index in [1.165, 1.54) is 32.1 Å².